The van der Waals surface area contributed by atoms with E-state index in [0.717, 1.165) is 0 Å². The fourth-order valence-electron chi connectivity index (χ4n) is 2.84. The van der Waals surface area contributed by atoms with Crippen molar-refractivity contribution in [2.24, 2.45) is 0 Å². The van der Waals surface area contributed by atoms with Crippen molar-refractivity contribution in [3.05, 3.63) is 70.8 Å². The van der Waals surface area contributed by atoms with Gasteiger partial charge in [0.2, 0.25) is 0 Å². The lowest BCUT2D eigenvalue weighted by Gasteiger charge is -2.14. The fraction of sp³-hybridized carbons (Fsp3) is 0.538. The zero-order valence-corrected chi connectivity index (χ0v) is 16.9. The van der Waals surface area contributed by atoms with Crippen LogP contribution in [-0.4, -0.2) is 0 Å². The molecule has 0 aliphatic heterocycles. The van der Waals surface area contributed by atoms with Gasteiger partial charge in [-0.1, -0.05) is 119 Å². The predicted molar refractivity (Wildman–Crippen MR) is 123 cm³/mol. The Bertz CT molecular complexity index is 553. The first-order valence-electron chi connectivity index (χ1n) is 9.42. The SMILES string of the molecule is C.C.CC(C)c1cccc(C(C)C)c1.CC(C)c1ccccc1C(C)C. The van der Waals surface area contributed by atoms with Crippen LogP contribution in [0.4, 0.5) is 0 Å². The molecule has 0 aromatic heterocycles. The maximum atomic E-state index is 2.31. The molecule has 0 aliphatic rings. The Morgan fingerprint density at radius 3 is 1.08 bits per heavy atom. The van der Waals surface area contributed by atoms with Crippen LogP contribution in [0.2, 0.25) is 0 Å². The van der Waals surface area contributed by atoms with E-state index in [4.69, 9.17) is 0 Å². The van der Waals surface area contributed by atoms with Crippen molar-refractivity contribution in [2.75, 3.05) is 0 Å². The predicted octanol–water partition coefficient (Wildman–Crippen LogP) is 9.14. The molecule has 2 aromatic carbocycles. The molecule has 0 atom stereocenters. The van der Waals surface area contributed by atoms with Crippen molar-refractivity contribution in [2.45, 2.75) is 93.9 Å². The summed E-state index contributed by atoms with van der Waals surface area (Å²) >= 11 is 0. The van der Waals surface area contributed by atoms with Gasteiger partial charge in [0.05, 0.1) is 0 Å². The molecule has 0 N–H and O–H groups in total. The fourth-order valence-corrected chi connectivity index (χ4v) is 2.84. The van der Waals surface area contributed by atoms with Crippen LogP contribution < -0.4 is 0 Å². The first-order valence-corrected chi connectivity index (χ1v) is 9.42. The number of hydrogen-bond donors (Lipinski definition) is 0. The second-order valence-corrected chi connectivity index (χ2v) is 7.92. The van der Waals surface area contributed by atoms with Crippen LogP contribution >= 0.6 is 0 Å². The van der Waals surface area contributed by atoms with E-state index in [2.05, 4.69) is 104 Å². The number of hydrogen-bond acceptors (Lipinski definition) is 0. The molecule has 2 rings (SSSR count). The highest BCUT2D eigenvalue weighted by molar-refractivity contribution is 5.32. The Hall–Kier alpha value is -1.56. The van der Waals surface area contributed by atoms with E-state index >= 15 is 0 Å². The van der Waals surface area contributed by atoms with Crippen molar-refractivity contribution in [1.82, 2.24) is 0 Å². The van der Waals surface area contributed by atoms with Gasteiger partial charge in [0, 0.05) is 0 Å². The van der Waals surface area contributed by atoms with E-state index in [0.29, 0.717) is 23.7 Å². The Balaban J connectivity index is 0. The van der Waals surface area contributed by atoms with Gasteiger partial charge < -0.3 is 0 Å². The minimum absolute atomic E-state index is 0. The molecule has 0 aliphatic carbocycles. The van der Waals surface area contributed by atoms with Gasteiger partial charge in [-0.25, -0.2) is 0 Å². The summed E-state index contributed by atoms with van der Waals surface area (Å²) in [6.45, 7) is 17.9. The first kappa shape index (κ1) is 26.7. The summed E-state index contributed by atoms with van der Waals surface area (Å²) in [6, 6.07) is 17.6. The zero-order chi connectivity index (χ0) is 18.3. The molecule has 0 heterocycles. The van der Waals surface area contributed by atoms with Crippen molar-refractivity contribution >= 4 is 0 Å². The lowest BCUT2D eigenvalue weighted by molar-refractivity contribution is 0.790. The van der Waals surface area contributed by atoms with E-state index in [-0.39, 0.29) is 14.9 Å². The summed E-state index contributed by atoms with van der Waals surface area (Å²) in [6.07, 6.45) is 0. The largest absolute Gasteiger partial charge is 0.0776 e. The van der Waals surface area contributed by atoms with Gasteiger partial charge in [0.25, 0.3) is 0 Å². The first-order chi connectivity index (χ1) is 11.2. The molecule has 0 radical (unpaired) electrons. The van der Waals surface area contributed by atoms with Crippen LogP contribution in [0.5, 0.6) is 0 Å². The minimum Gasteiger partial charge on any atom is -0.0776 e. The number of benzene rings is 2. The van der Waals surface area contributed by atoms with Gasteiger partial charge in [0.1, 0.15) is 0 Å². The van der Waals surface area contributed by atoms with Crippen molar-refractivity contribution in [3.63, 3.8) is 0 Å². The molecule has 0 saturated carbocycles. The molecule has 26 heavy (non-hydrogen) atoms. The molecule has 0 bridgehead atoms. The average molecular weight is 357 g/mol. The second-order valence-electron chi connectivity index (χ2n) is 7.92. The van der Waals surface area contributed by atoms with Gasteiger partial charge in [-0.3, -0.25) is 0 Å². The monoisotopic (exact) mass is 356 g/mol. The molecule has 0 unspecified atom stereocenters. The van der Waals surface area contributed by atoms with E-state index < -0.39 is 0 Å². The van der Waals surface area contributed by atoms with Gasteiger partial charge in [-0.05, 0) is 45.9 Å². The Kier molecular flexibility index (Phi) is 13.1. The highest BCUT2D eigenvalue weighted by Gasteiger charge is 2.07. The van der Waals surface area contributed by atoms with Crippen LogP contribution in [-0.2, 0) is 0 Å². The lowest BCUT2D eigenvalue weighted by Crippen LogP contribution is -1.97. The molecule has 0 heteroatoms. The summed E-state index contributed by atoms with van der Waals surface area (Å²) in [5.74, 6) is 2.57. The molecule has 0 amide bonds. The van der Waals surface area contributed by atoms with E-state index in [1.807, 2.05) is 0 Å². The molecule has 0 fully saturated rings. The second kappa shape index (κ2) is 12.7. The Labute approximate surface area is 165 Å². The quantitative estimate of drug-likeness (QED) is 0.512. The molecule has 0 saturated heterocycles. The Morgan fingerprint density at radius 1 is 0.462 bits per heavy atom. The third kappa shape index (κ3) is 8.21. The Morgan fingerprint density at radius 2 is 0.808 bits per heavy atom. The third-order valence-electron chi connectivity index (χ3n) is 4.48. The summed E-state index contributed by atoms with van der Waals surface area (Å²) < 4.78 is 0. The highest BCUT2D eigenvalue weighted by Crippen LogP contribution is 2.25. The van der Waals surface area contributed by atoms with E-state index in [1.54, 1.807) is 0 Å². The highest BCUT2D eigenvalue weighted by atomic mass is 14.1. The van der Waals surface area contributed by atoms with Crippen LogP contribution in [0, 0.1) is 0 Å². The smallest absolute Gasteiger partial charge is 0.0216 e. The molecule has 0 spiro atoms. The van der Waals surface area contributed by atoms with Crippen molar-refractivity contribution in [1.29, 1.82) is 0 Å². The molecule has 0 nitrogen and oxygen atoms in total. The van der Waals surface area contributed by atoms with Crippen molar-refractivity contribution < 1.29 is 0 Å². The summed E-state index contributed by atoms with van der Waals surface area (Å²) in [5, 5.41) is 0. The molecule has 2 aromatic rings. The van der Waals surface area contributed by atoms with Gasteiger partial charge in [-0.15, -0.1) is 0 Å². The summed E-state index contributed by atoms with van der Waals surface area (Å²) in [4.78, 5) is 0. The van der Waals surface area contributed by atoms with Gasteiger partial charge in [-0.2, -0.15) is 0 Å². The maximum Gasteiger partial charge on any atom is -0.0216 e. The van der Waals surface area contributed by atoms with Crippen molar-refractivity contribution in [3.8, 4) is 0 Å². The van der Waals surface area contributed by atoms with Crippen LogP contribution in [0.25, 0.3) is 0 Å². The van der Waals surface area contributed by atoms with E-state index in [1.165, 1.54) is 22.3 Å². The van der Waals surface area contributed by atoms with Crippen LogP contribution in [0.3, 0.4) is 0 Å². The standard InChI is InChI=1S/2C12H18.2CH4/c1-9(2)11-6-5-7-12(8-11)10(3)4;1-9(2)11-7-5-6-8-12(11)10(3)4;;/h2*5-10H,1-4H3;2*1H4. The third-order valence-corrected chi connectivity index (χ3v) is 4.48. The molecular weight excluding hydrogens is 312 g/mol. The average Bonchev–Trinajstić information content (AvgIpc) is 2.55. The zero-order valence-electron chi connectivity index (χ0n) is 16.9. The normalized spacial score (nSPS) is 10.3. The minimum atomic E-state index is 0. The lowest BCUT2D eigenvalue weighted by atomic mass is 9.91. The maximum absolute atomic E-state index is 2.31. The van der Waals surface area contributed by atoms with Gasteiger partial charge in [0.15, 0.2) is 0 Å². The molecular formula is C26H44. The van der Waals surface area contributed by atoms with Crippen LogP contribution in [0.1, 0.15) is 116 Å². The van der Waals surface area contributed by atoms with E-state index in [9.17, 15) is 0 Å². The van der Waals surface area contributed by atoms with Crippen LogP contribution in [0.15, 0.2) is 48.5 Å². The van der Waals surface area contributed by atoms with Gasteiger partial charge >= 0.3 is 0 Å². The number of rotatable bonds is 4. The molecule has 148 valence electrons. The topological polar surface area (TPSA) is 0 Å². The summed E-state index contributed by atoms with van der Waals surface area (Å²) in [7, 11) is 0. The summed E-state index contributed by atoms with van der Waals surface area (Å²) in [5.41, 5.74) is 5.88.